The van der Waals surface area contributed by atoms with Crippen LogP contribution < -0.4 is 5.73 Å². The number of amides is 1. The van der Waals surface area contributed by atoms with Crippen molar-refractivity contribution in [3.8, 4) is 11.1 Å². The zero-order valence-corrected chi connectivity index (χ0v) is 17.6. The lowest BCUT2D eigenvalue weighted by atomic mass is 9.83. The summed E-state index contributed by atoms with van der Waals surface area (Å²) < 4.78 is 23.6. The van der Waals surface area contributed by atoms with Gasteiger partial charge in [0.05, 0.1) is 0 Å². The number of carbonyl (C=O) groups excluding carboxylic acids is 1. The van der Waals surface area contributed by atoms with Gasteiger partial charge in [0.25, 0.3) is 5.91 Å². The van der Waals surface area contributed by atoms with Crippen LogP contribution in [0, 0.1) is 13.8 Å². The average Bonchev–Trinajstić information content (AvgIpc) is 2.56. The van der Waals surface area contributed by atoms with Crippen molar-refractivity contribution in [3.63, 3.8) is 0 Å². The van der Waals surface area contributed by atoms with Crippen LogP contribution >= 0.6 is 0 Å². The fourth-order valence-electron chi connectivity index (χ4n) is 3.24. The molecule has 1 amide bonds. The van der Waals surface area contributed by atoms with E-state index in [1.54, 1.807) is 0 Å². The predicted octanol–water partition coefficient (Wildman–Crippen LogP) is 4.10. The molecule has 2 N–H and O–H groups in total. The second kappa shape index (κ2) is 8.09. The first-order valence-corrected chi connectivity index (χ1v) is 10.1. The molecule has 0 spiro atoms. The monoisotopic (exact) mass is 385 g/mol. The minimum absolute atomic E-state index is 0.0295. The van der Waals surface area contributed by atoms with Crippen LogP contribution in [-0.4, -0.2) is 19.2 Å². The van der Waals surface area contributed by atoms with Gasteiger partial charge in [-0.2, -0.15) is 8.42 Å². The van der Waals surface area contributed by atoms with Crippen LogP contribution in [0.25, 0.3) is 11.1 Å². The summed E-state index contributed by atoms with van der Waals surface area (Å²) in [6, 6.07) is 10.2. The van der Waals surface area contributed by atoms with Gasteiger partial charge < -0.3 is 5.73 Å². The van der Waals surface area contributed by atoms with E-state index in [1.807, 2.05) is 39.8 Å². The van der Waals surface area contributed by atoms with Gasteiger partial charge >= 0.3 is 0 Å². The number of aryl methyl sites for hydroxylation is 2. The van der Waals surface area contributed by atoms with E-state index in [4.69, 9.17) is 5.73 Å². The minimum Gasteiger partial charge on any atom is -0.365 e. The highest BCUT2D eigenvalue weighted by molar-refractivity contribution is 7.75. The summed E-state index contributed by atoms with van der Waals surface area (Å²) in [5, 5.41) is 0. The molecule has 0 heterocycles. The highest BCUT2D eigenvalue weighted by Crippen LogP contribution is 2.34. The molecule has 0 saturated heterocycles. The minimum atomic E-state index is -2.70. The number of carbonyl (C=O) groups is 1. The third-order valence-corrected chi connectivity index (χ3v) is 5.64. The van der Waals surface area contributed by atoms with Crippen molar-refractivity contribution in [1.82, 2.24) is 0 Å². The molecule has 0 bridgehead atoms. The first kappa shape index (κ1) is 20.9. The van der Waals surface area contributed by atoms with Crippen LogP contribution in [0.3, 0.4) is 0 Å². The molecule has 0 aliphatic carbocycles. The molecule has 0 saturated carbocycles. The van der Waals surface area contributed by atoms with Crippen molar-refractivity contribution >= 4 is 21.1 Å². The Morgan fingerprint density at radius 2 is 1.37 bits per heavy atom. The van der Waals surface area contributed by atoms with E-state index >= 15 is 0 Å². The number of benzene rings is 2. The molecular weight excluding hydrogens is 358 g/mol. The number of hydrogen-bond acceptors (Lipinski definition) is 3. The van der Waals surface area contributed by atoms with Crippen molar-refractivity contribution in [1.29, 1.82) is 0 Å². The molecule has 0 aromatic heterocycles. The fourth-order valence-corrected chi connectivity index (χ4v) is 3.80. The van der Waals surface area contributed by atoms with E-state index in [9.17, 15) is 13.2 Å². The van der Waals surface area contributed by atoms with Gasteiger partial charge in [-0.05, 0) is 59.1 Å². The van der Waals surface area contributed by atoms with Gasteiger partial charge in [0, 0.05) is 5.56 Å². The van der Waals surface area contributed by atoms with Gasteiger partial charge in [-0.1, -0.05) is 58.0 Å². The van der Waals surface area contributed by atoms with Gasteiger partial charge in [0.15, 0.2) is 4.86 Å². The molecule has 2 rings (SSSR count). The summed E-state index contributed by atoms with van der Waals surface area (Å²) in [5.41, 5.74) is 12.0. The maximum atomic E-state index is 11.9. The molecular formula is C22H27NO3S. The number of rotatable bonds is 5. The first-order valence-electron chi connectivity index (χ1n) is 9.06. The van der Waals surface area contributed by atoms with Crippen LogP contribution in [-0.2, 0) is 15.1 Å². The Labute approximate surface area is 163 Å². The van der Waals surface area contributed by atoms with E-state index in [-0.39, 0.29) is 16.7 Å². The van der Waals surface area contributed by atoms with E-state index in [0.717, 1.165) is 22.3 Å². The van der Waals surface area contributed by atoms with Gasteiger partial charge in [0.2, 0.25) is 10.3 Å². The van der Waals surface area contributed by atoms with E-state index in [1.165, 1.54) is 11.1 Å². The summed E-state index contributed by atoms with van der Waals surface area (Å²) >= 11 is 0. The third-order valence-electron chi connectivity index (χ3n) is 4.90. The SMILES string of the molecule is Cc1ccc(-c2cc(C(C)C)c(C(C(N)=O)=S(=O)=O)c(C(C)C)c2)cc1C. The molecule has 0 fully saturated rings. The summed E-state index contributed by atoms with van der Waals surface area (Å²) in [6.45, 7) is 12.1. The molecule has 0 radical (unpaired) electrons. The first-order chi connectivity index (χ1) is 12.5. The molecule has 2 aromatic rings. The van der Waals surface area contributed by atoms with Crippen LogP contribution in [0.15, 0.2) is 30.3 Å². The highest BCUT2D eigenvalue weighted by atomic mass is 32.2. The molecule has 4 nitrogen and oxygen atoms in total. The normalized spacial score (nSPS) is 11.1. The Bertz CT molecular complexity index is 995. The van der Waals surface area contributed by atoms with Crippen LogP contribution in [0.1, 0.15) is 67.3 Å². The molecule has 5 heteroatoms. The highest BCUT2D eigenvalue weighted by Gasteiger charge is 2.24. The van der Waals surface area contributed by atoms with Crippen molar-refractivity contribution in [2.24, 2.45) is 5.73 Å². The molecule has 0 unspecified atom stereocenters. The lowest BCUT2D eigenvalue weighted by Gasteiger charge is -2.21. The standard InChI is InChI=1S/C22H27NO3S/c1-12(2)18-10-17(16-8-7-14(5)15(6)9-16)11-19(13(3)4)20(18)21(22(23)24)27(25)26/h7-13H,1-6H3,(H2,23,24). The van der Waals surface area contributed by atoms with Gasteiger partial charge in [-0.3, -0.25) is 4.79 Å². The lowest BCUT2D eigenvalue weighted by Crippen LogP contribution is -2.28. The number of nitrogens with two attached hydrogens (primary N) is 1. The Morgan fingerprint density at radius 3 is 1.74 bits per heavy atom. The Hall–Kier alpha value is -2.40. The maximum Gasteiger partial charge on any atom is 0.265 e. The zero-order chi connectivity index (χ0) is 20.5. The molecule has 2 aromatic carbocycles. The molecule has 0 aliphatic rings. The maximum absolute atomic E-state index is 11.9. The quantitative estimate of drug-likeness (QED) is 0.622. The van der Waals surface area contributed by atoms with Crippen molar-refractivity contribution in [2.45, 2.75) is 53.4 Å². The predicted molar refractivity (Wildman–Crippen MR) is 112 cm³/mol. The van der Waals surface area contributed by atoms with Gasteiger partial charge in [-0.15, -0.1) is 0 Å². The van der Waals surface area contributed by atoms with Crippen LogP contribution in [0.5, 0.6) is 0 Å². The lowest BCUT2D eigenvalue weighted by molar-refractivity contribution is -0.111. The van der Waals surface area contributed by atoms with Crippen molar-refractivity contribution in [3.05, 3.63) is 58.1 Å². The summed E-state index contributed by atoms with van der Waals surface area (Å²) in [5.74, 6) is -0.866. The van der Waals surface area contributed by atoms with Gasteiger partial charge in [0.1, 0.15) is 0 Å². The topological polar surface area (TPSA) is 77.2 Å². The average molecular weight is 386 g/mol. The smallest absolute Gasteiger partial charge is 0.265 e. The van der Waals surface area contributed by atoms with Gasteiger partial charge in [-0.25, -0.2) is 0 Å². The van der Waals surface area contributed by atoms with Crippen LogP contribution in [0.4, 0.5) is 0 Å². The van der Waals surface area contributed by atoms with E-state index in [0.29, 0.717) is 5.56 Å². The third kappa shape index (κ3) is 4.30. The molecule has 0 aliphatic heterocycles. The zero-order valence-electron chi connectivity index (χ0n) is 16.8. The van der Waals surface area contributed by atoms with E-state index < -0.39 is 16.2 Å². The Kier molecular flexibility index (Phi) is 6.26. The Balaban J connectivity index is 2.93. The largest absolute Gasteiger partial charge is 0.365 e. The summed E-state index contributed by atoms with van der Waals surface area (Å²) in [4.78, 5) is 11.6. The molecule has 144 valence electrons. The summed E-state index contributed by atoms with van der Waals surface area (Å²) in [6.07, 6.45) is 0. The second-order valence-electron chi connectivity index (χ2n) is 7.57. The number of primary amides is 1. The van der Waals surface area contributed by atoms with Crippen molar-refractivity contribution in [2.75, 3.05) is 0 Å². The number of hydrogen-bond donors (Lipinski definition) is 1. The molecule has 0 atom stereocenters. The van der Waals surface area contributed by atoms with Crippen molar-refractivity contribution < 1.29 is 13.2 Å². The molecule has 27 heavy (non-hydrogen) atoms. The van der Waals surface area contributed by atoms with Crippen LogP contribution in [0.2, 0.25) is 0 Å². The summed E-state index contributed by atoms with van der Waals surface area (Å²) in [7, 11) is -2.70. The fraction of sp³-hybridized carbons (Fsp3) is 0.364. The van der Waals surface area contributed by atoms with E-state index in [2.05, 4.69) is 32.0 Å². The second-order valence-corrected chi connectivity index (χ2v) is 8.44. The Morgan fingerprint density at radius 1 is 0.852 bits per heavy atom.